The van der Waals surface area contributed by atoms with Crippen molar-refractivity contribution in [3.8, 4) is 0 Å². The number of anilines is 2. The first-order chi connectivity index (χ1) is 8.25. The van der Waals surface area contributed by atoms with E-state index in [0.29, 0.717) is 5.69 Å². The van der Waals surface area contributed by atoms with Crippen LogP contribution in [0.5, 0.6) is 0 Å². The number of benzene rings is 2. The van der Waals surface area contributed by atoms with E-state index in [0.717, 1.165) is 18.7 Å². The van der Waals surface area contributed by atoms with Crippen LogP contribution in [0.3, 0.4) is 0 Å². The van der Waals surface area contributed by atoms with Gasteiger partial charge in [0.25, 0.3) is 0 Å². The molecule has 0 radical (unpaired) electrons. The summed E-state index contributed by atoms with van der Waals surface area (Å²) < 4.78 is 12.8. The van der Waals surface area contributed by atoms with E-state index in [2.05, 4.69) is 17.4 Å². The largest absolute Gasteiger partial charge is 0.397 e. The van der Waals surface area contributed by atoms with E-state index in [1.165, 1.54) is 17.7 Å². The van der Waals surface area contributed by atoms with E-state index in [9.17, 15) is 4.39 Å². The molecule has 3 heteroatoms. The Bertz CT molecular complexity index is 483. The highest BCUT2D eigenvalue weighted by atomic mass is 19.1. The van der Waals surface area contributed by atoms with Crippen molar-refractivity contribution in [2.75, 3.05) is 17.6 Å². The van der Waals surface area contributed by atoms with Crippen molar-refractivity contribution in [2.24, 2.45) is 0 Å². The van der Waals surface area contributed by atoms with Gasteiger partial charge in [-0.2, -0.15) is 0 Å². The summed E-state index contributed by atoms with van der Waals surface area (Å²) in [6, 6.07) is 14.6. The molecule has 0 aromatic heterocycles. The van der Waals surface area contributed by atoms with Gasteiger partial charge in [-0.25, -0.2) is 4.39 Å². The SMILES string of the molecule is Nc1cc(F)ccc1NCCc1ccccc1. The highest BCUT2D eigenvalue weighted by Crippen LogP contribution is 2.18. The molecule has 0 saturated heterocycles. The third kappa shape index (κ3) is 3.21. The Hall–Kier alpha value is -2.03. The summed E-state index contributed by atoms with van der Waals surface area (Å²) in [5, 5.41) is 3.20. The van der Waals surface area contributed by atoms with Crippen molar-refractivity contribution in [2.45, 2.75) is 6.42 Å². The maximum atomic E-state index is 12.8. The van der Waals surface area contributed by atoms with Crippen LogP contribution in [0.25, 0.3) is 0 Å². The lowest BCUT2D eigenvalue weighted by atomic mass is 10.1. The molecule has 2 aromatic carbocycles. The average Bonchev–Trinajstić information content (AvgIpc) is 2.33. The van der Waals surface area contributed by atoms with Crippen molar-refractivity contribution < 1.29 is 4.39 Å². The van der Waals surface area contributed by atoms with E-state index >= 15 is 0 Å². The Morgan fingerprint density at radius 2 is 1.82 bits per heavy atom. The van der Waals surface area contributed by atoms with Crippen molar-refractivity contribution in [1.29, 1.82) is 0 Å². The molecule has 3 N–H and O–H groups in total. The van der Waals surface area contributed by atoms with Gasteiger partial charge in [-0.05, 0) is 30.2 Å². The zero-order valence-electron chi connectivity index (χ0n) is 9.49. The van der Waals surface area contributed by atoms with Gasteiger partial charge in [-0.1, -0.05) is 30.3 Å². The number of nitrogens with two attached hydrogens (primary N) is 1. The van der Waals surface area contributed by atoms with Crippen molar-refractivity contribution in [3.05, 3.63) is 59.9 Å². The number of nitrogens with one attached hydrogen (secondary N) is 1. The number of hydrogen-bond donors (Lipinski definition) is 2. The maximum absolute atomic E-state index is 12.8. The first kappa shape index (κ1) is 11.5. The van der Waals surface area contributed by atoms with Crippen LogP contribution in [-0.2, 0) is 6.42 Å². The van der Waals surface area contributed by atoms with E-state index in [-0.39, 0.29) is 5.82 Å². The Morgan fingerprint density at radius 3 is 2.53 bits per heavy atom. The van der Waals surface area contributed by atoms with E-state index < -0.39 is 0 Å². The first-order valence-electron chi connectivity index (χ1n) is 5.58. The predicted molar refractivity (Wildman–Crippen MR) is 69.4 cm³/mol. The summed E-state index contributed by atoms with van der Waals surface area (Å²) in [5.41, 5.74) is 8.19. The Kier molecular flexibility index (Phi) is 3.60. The topological polar surface area (TPSA) is 38.0 Å². The zero-order chi connectivity index (χ0) is 12.1. The highest BCUT2D eigenvalue weighted by Gasteiger charge is 1.99. The molecule has 0 heterocycles. The second kappa shape index (κ2) is 5.34. The van der Waals surface area contributed by atoms with E-state index in [1.807, 2.05) is 18.2 Å². The predicted octanol–water partition coefficient (Wildman–Crippen LogP) is 3.06. The molecule has 2 nitrogen and oxygen atoms in total. The third-order valence-corrected chi connectivity index (χ3v) is 2.59. The molecule has 0 spiro atoms. The monoisotopic (exact) mass is 230 g/mol. The lowest BCUT2D eigenvalue weighted by Crippen LogP contribution is -2.06. The van der Waals surface area contributed by atoms with Gasteiger partial charge >= 0.3 is 0 Å². The van der Waals surface area contributed by atoms with Crippen molar-refractivity contribution in [3.63, 3.8) is 0 Å². The Labute approximate surface area is 100 Å². The summed E-state index contributed by atoms with van der Waals surface area (Å²) in [5.74, 6) is -0.309. The number of nitrogen functional groups attached to an aromatic ring is 1. The van der Waals surface area contributed by atoms with Gasteiger partial charge < -0.3 is 11.1 Å². The van der Waals surface area contributed by atoms with E-state index in [1.54, 1.807) is 6.07 Å². The fourth-order valence-corrected chi connectivity index (χ4v) is 1.68. The quantitative estimate of drug-likeness (QED) is 0.792. The van der Waals surface area contributed by atoms with Crippen LogP contribution in [0.4, 0.5) is 15.8 Å². The minimum absolute atomic E-state index is 0.309. The number of halogens is 1. The summed E-state index contributed by atoms with van der Waals surface area (Å²) in [7, 11) is 0. The fourth-order valence-electron chi connectivity index (χ4n) is 1.68. The molecule has 0 atom stereocenters. The molecule has 0 saturated carbocycles. The van der Waals surface area contributed by atoms with Gasteiger partial charge in [0, 0.05) is 6.54 Å². The molecule has 0 fully saturated rings. The lowest BCUT2D eigenvalue weighted by Gasteiger charge is -2.09. The molecular weight excluding hydrogens is 215 g/mol. The minimum atomic E-state index is -0.309. The molecule has 88 valence electrons. The Balaban J connectivity index is 1.90. The molecule has 0 unspecified atom stereocenters. The smallest absolute Gasteiger partial charge is 0.125 e. The standard InChI is InChI=1S/C14H15FN2/c15-12-6-7-14(13(16)10-12)17-9-8-11-4-2-1-3-5-11/h1-7,10,17H,8-9,16H2. The van der Waals surface area contributed by atoms with E-state index in [4.69, 9.17) is 5.73 Å². The molecule has 2 rings (SSSR count). The molecule has 0 bridgehead atoms. The van der Waals surface area contributed by atoms with Crippen LogP contribution < -0.4 is 11.1 Å². The van der Waals surface area contributed by atoms with Gasteiger partial charge in [0.2, 0.25) is 0 Å². The normalized spacial score (nSPS) is 10.2. The van der Waals surface area contributed by atoms with Crippen LogP contribution in [0, 0.1) is 5.82 Å². The molecule has 0 aliphatic heterocycles. The van der Waals surface area contributed by atoms with Crippen LogP contribution >= 0.6 is 0 Å². The summed E-state index contributed by atoms with van der Waals surface area (Å²) in [6.07, 6.45) is 0.914. The van der Waals surface area contributed by atoms with Gasteiger partial charge in [0.15, 0.2) is 0 Å². The Morgan fingerprint density at radius 1 is 1.06 bits per heavy atom. The molecular formula is C14H15FN2. The third-order valence-electron chi connectivity index (χ3n) is 2.59. The lowest BCUT2D eigenvalue weighted by molar-refractivity contribution is 0.628. The summed E-state index contributed by atoms with van der Waals surface area (Å²) in [6.45, 7) is 0.778. The van der Waals surface area contributed by atoms with Crippen LogP contribution in [0.15, 0.2) is 48.5 Å². The fraction of sp³-hybridized carbons (Fsp3) is 0.143. The molecule has 0 aliphatic rings. The van der Waals surface area contributed by atoms with Gasteiger partial charge in [0.1, 0.15) is 5.82 Å². The second-order valence-corrected chi connectivity index (χ2v) is 3.89. The zero-order valence-corrected chi connectivity index (χ0v) is 9.49. The molecule has 0 aliphatic carbocycles. The van der Waals surface area contributed by atoms with Crippen molar-refractivity contribution >= 4 is 11.4 Å². The van der Waals surface area contributed by atoms with Crippen LogP contribution in [-0.4, -0.2) is 6.54 Å². The summed E-state index contributed by atoms with van der Waals surface area (Å²) >= 11 is 0. The molecule has 2 aromatic rings. The molecule has 17 heavy (non-hydrogen) atoms. The molecule has 0 amide bonds. The number of rotatable bonds is 4. The second-order valence-electron chi connectivity index (χ2n) is 3.89. The average molecular weight is 230 g/mol. The van der Waals surface area contributed by atoms with Gasteiger partial charge in [-0.3, -0.25) is 0 Å². The highest BCUT2D eigenvalue weighted by molar-refractivity contribution is 5.65. The van der Waals surface area contributed by atoms with Crippen LogP contribution in [0.2, 0.25) is 0 Å². The van der Waals surface area contributed by atoms with Gasteiger partial charge in [-0.15, -0.1) is 0 Å². The van der Waals surface area contributed by atoms with Gasteiger partial charge in [0.05, 0.1) is 11.4 Å². The minimum Gasteiger partial charge on any atom is -0.397 e. The maximum Gasteiger partial charge on any atom is 0.125 e. The first-order valence-corrected chi connectivity index (χ1v) is 5.58. The summed E-state index contributed by atoms with van der Waals surface area (Å²) in [4.78, 5) is 0. The van der Waals surface area contributed by atoms with Crippen LogP contribution in [0.1, 0.15) is 5.56 Å². The van der Waals surface area contributed by atoms with Crippen molar-refractivity contribution in [1.82, 2.24) is 0 Å². The number of hydrogen-bond acceptors (Lipinski definition) is 2.